The first-order chi connectivity index (χ1) is 8.61. The number of pyridine rings is 1. The van der Waals surface area contributed by atoms with Gasteiger partial charge in [-0.3, -0.25) is 9.59 Å². The van der Waals surface area contributed by atoms with Gasteiger partial charge in [0.05, 0.1) is 0 Å². The number of aromatic nitrogens is 1. The van der Waals surface area contributed by atoms with Crippen LogP contribution in [0.4, 0.5) is 0 Å². The lowest BCUT2D eigenvalue weighted by Crippen LogP contribution is -2.50. The third kappa shape index (κ3) is 2.46. The molecule has 2 unspecified atom stereocenters. The number of nitrogens with zero attached hydrogens (tertiary/aromatic N) is 1. The fourth-order valence-electron chi connectivity index (χ4n) is 2.54. The van der Waals surface area contributed by atoms with Crippen LogP contribution in [0, 0.1) is 0 Å². The Hall–Kier alpha value is -1.62. The Morgan fingerprint density at radius 3 is 2.83 bits per heavy atom. The summed E-state index contributed by atoms with van der Waals surface area (Å²) in [6, 6.07) is 1.41. The first-order valence-corrected chi connectivity index (χ1v) is 6.31. The minimum Gasteiger partial charge on any atom is -0.367 e. The predicted octanol–water partition coefficient (Wildman–Crippen LogP) is 0.717. The molecule has 5 nitrogen and oxygen atoms in total. The SMILES string of the molecule is CN(C(=O)c1c[nH]ccc1=O)C1CCCCC1N. The highest BCUT2D eigenvalue weighted by Gasteiger charge is 2.29. The summed E-state index contributed by atoms with van der Waals surface area (Å²) >= 11 is 0. The highest BCUT2D eigenvalue weighted by atomic mass is 16.2. The maximum atomic E-state index is 12.3. The van der Waals surface area contributed by atoms with Crippen molar-refractivity contribution in [1.29, 1.82) is 0 Å². The van der Waals surface area contributed by atoms with Crippen LogP contribution < -0.4 is 11.2 Å². The highest BCUT2D eigenvalue weighted by molar-refractivity contribution is 5.93. The number of amides is 1. The fraction of sp³-hybridized carbons (Fsp3) is 0.538. The molecule has 1 heterocycles. The quantitative estimate of drug-likeness (QED) is 0.810. The lowest BCUT2D eigenvalue weighted by molar-refractivity contribution is 0.0670. The van der Waals surface area contributed by atoms with Gasteiger partial charge in [0.25, 0.3) is 5.91 Å². The van der Waals surface area contributed by atoms with Gasteiger partial charge in [0.15, 0.2) is 5.43 Å². The molecule has 1 aromatic rings. The number of H-pyrrole nitrogens is 1. The Bertz CT molecular complexity index is 483. The summed E-state index contributed by atoms with van der Waals surface area (Å²) in [6.07, 6.45) is 7.02. The van der Waals surface area contributed by atoms with Gasteiger partial charge in [-0.05, 0) is 12.8 Å². The van der Waals surface area contributed by atoms with Crippen LogP contribution in [-0.2, 0) is 0 Å². The van der Waals surface area contributed by atoms with Gasteiger partial charge in [0.1, 0.15) is 5.56 Å². The van der Waals surface area contributed by atoms with E-state index >= 15 is 0 Å². The molecule has 0 aliphatic heterocycles. The molecule has 3 N–H and O–H groups in total. The standard InChI is InChI=1S/C13H19N3O2/c1-16(11-5-3-2-4-10(11)14)13(18)9-8-15-7-6-12(9)17/h6-8,10-11H,2-5,14H2,1H3,(H,15,17). The monoisotopic (exact) mass is 249 g/mol. The molecule has 98 valence electrons. The van der Waals surface area contributed by atoms with E-state index in [2.05, 4.69) is 4.98 Å². The second-order valence-corrected chi connectivity index (χ2v) is 4.85. The van der Waals surface area contributed by atoms with Crippen LogP contribution in [0.5, 0.6) is 0 Å². The Kier molecular flexibility index (Phi) is 3.81. The van der Waals surface area contributed by atoms with Crippen molar-refractivity contribution in [3.8, 4) is 0 Å². The van der Waals surface area contributed by atoms with Gasteiger partial charge in [0.2, 0.25) is 0 Å². The highest BCUT2D eigenvalue weighted by Crippen LogP contribution is 2.21. The zero-order chi connectivity index (χ0) is 13.1. The second kappa shape index (κ2) is 5.35. The Morgan fingerprint density at radius 2 is 2.17 bits per heavy atom. The molecule has 1 amide bonds. The van der Waals surface area contributed by atoms with E-state index in [1.54, 1.807) is 11.9 Å². The maximum Gasteiger partial charge on any atom is 0.259 e. The van der Waals surface area contributed by atoms with E-state index in [-0.39, 0.29) is 29.0 Å². The topological polar surface area (TPSA) is 79.2 Å². The van der Waals surface area contributed by atoms with Gasteiger partial charge in [0, 0.05) is 37.6 Å². The van der Waals surface area contributed by atoms with Crippen molar-refractivity contribution in [3.63, 3.8) is 0 Å². The molecule has 0 radical (unpaired) electrons. The molecule has 1 fully saturated rings. The number of aromatic amines is 1. The van der Waals surface area contributed by atoms with Gasteiger partial charge < -0.3 is 15.6 Å². The third-order valence-electron chi connectivity index (χ3n) is 3.65. The Labute approximate surface area is 106 Å². The van der Waals surface area contributed by atoms with Crippen molar-refractivity contribution in [2.45, 2.75) is 37.8 Å². The van der Waals surface area contributed by atoms with Crippen molar-refractivity contribution >= 4 is 5.91 Å². The molecule has 2 rings (SSSR count). The van der Waals surface area contributed by atoms with Crippen LogP contribution in [0.2, 0.25) is 0 Å². The molecule has 1 aliphatic carbocycles. The summed E-state index contributed by atoms with van der Waals surface area (Å²) < 4.78 is 0. The molecular weight excluding hydrogens is 230 g/mol. The van der Waals surface area contributed by atoms with E-state index in [4.69, 9.17) is 5.73 Å². The van der Waals surface area contributed by atoms with Crippen LogP contribution in [0.25, 0.3) is 0 Å². The number of likely N-dealkylation sites (N-methyl/N-ethyl adjacent to an activating group) is 1. The number of carbonyl (C=O) groups excluding carboxylic acids is 1. The molecule has 5 heteroatoms. The minimum atomic E-state index is -0.255. The van der Waals surface area contributed by atoms with Crippen molar-refractivity contribution in [3.05, 3.63) is 34.2 Å². The minimum absolute atomic E-state index is 0.00972. The van der Waals surface area contributed by atoms with Crippen LogP contribution >= 0.6 is 0 Å². The molecule has 1 aliphatic rings. The number of nitrogens with one attached hydrogen (secondary N) is 1. The summed E-state index contributed by atoms with van der Waals surface area (Å²) in [5, 5.41) is 0. The average Bonchev–Trinajstić information content (AvgIpc) is 2.38. The average molecular weight is 249 g/mol. The van der Waals surface area contributed by atoms with Crippen molar-refractivity contribution < 1.29 is 4.79 Å². The molecule has 1 aromatic heterocycles. The van der Waals surface area contributed by atoms with Crippen LogP contribution in [0.15, 0.2) is 23.3 Å². The zero-order valence-electron chi connectivity index (χ0n) is 10.6. The van der Waals surface area contributed by atoms with Crippen LogP contribution in [0.3, 0.4) is 0 Å². The van der Waals surface area contributed by atoms with Crippen molar-refractivity contribution in [2.24, 2.45) is 5.73 Å². The van der Waals surface area contributed by atoms with Gasteiger partial charge >= 0.3 is 0 Å². The predicted molar refractivity (Wildman–Crippen MR) is 69.4 cm³/mol. The molecule has 0 aromatic carbocycles. The number of hydrogen-bond donors (Lipinski definition) is 2. The van der Waals surface area contributed by atoms with Crippen molar-refractivity contribution in [1.82, 2.24) is 9.88 Å². The molecule has 18 heavy (non-hydrogen) atoms. The summed E-state index contributed by atoms with van der Waals surface area (Å²) in [6.45, 7) is 0. The lowest BCUT2D eigenvalue weighted by atomic mass is 9.90. The smallest absolute Gasteiger partial charge is 0.259 e. The summed E-state index contributed by atoms with van der Waals surface area (Å²) in [4.78, 5) is 28.3. The number of carbonyl (C=O) groups is 1. The number of rotatable bonds is 2. The van der Waals surface area contributed by atoms with Gasteiger partial charge in [-0.2, -0.15) is 0 Å². The van der Waals surface area contributed by atoms with Crippen molar-refractivity contribution in [2.75, 3.05) is 7.05 Å². The lowest BCUT2D eigenvalue weighted by Gasteiger charge is -2.35. The van der Waals surface area contributed by atoms with Crippen LogP contribution in [0.1, 0.15) is 36.0 Å². The molecule has 0 saturated heterocycles. The third-order valence-corrected chi connectivity index (χ3v) is 3.65. The summed E-state index contributed by atoms with van der Waals surface area (Å²) in [7, 11) is 1.73. The first-order valence-electron chi connectivity index (χ1n) is 6.31. The molecule has 0 spiro atoms. The van der Waals surface area contributed by atoms with E-state index in [1.165, 1.54) is 18.5 Å². The van der Waals surface area contributed by atoms with Gasteiger partial charge in [-0.1, -0.05) is 12.8 Å². The van der Waals surface area contributed by atoms with E-state index in [9.17, 15) is 9.59 Å². The zero-order valence-corrected chi connectivity index (χ0v) is 10.6. The van der Waals surface area contributed by atoms with E-state index in [0.717, 1.165) is 25.7 Å². The molecule has 1 saturated carbocycles. The molecular formula is C13H19N3O2. The Morgan fingerprint density at radius 1 is 1.44 bits per heavy atom. The second-order valence-electron chi connectivity index (χ2n) is 4.85. The van der Waals surface area contributed by atoms with E-state index < -0.39 is 0 Å². The normalized spacial score (nSPS) is 23.7. The maximum absolute atomic E-state index is 12.3. The fourth-order valence-corrected chi connectivity index (χ4v) is 2.54. The molecule has 0 bridgehead atoms. The molecule has 2 atom stereocenters. The number of hydrogen-bond acceptors (Lipinski definition) is 3. The summed E-state index contributed by atoms with van der Waals surface area (Å²) in [5.74, 6) is -0.251. The van der Waals surface area contributed by atoms with Crippen LogP contribution in [-0.4, -0.2) is 34.9 Å². The van der Waals surface area contributed by atoms with Gasteiger partial charge in [-0.15, -0.1) is 0 Å². The summed E-state index contributed by atoms with van der Waals surface area (Å²) in [5.41, 5.74) is 5.98. The first kappa shape index (κ1) is 12.8. The largest absolute Gasteiger partial charge is 0.367 e. The van der Waals surface area contributed by atoms with E-state index in [1.807, 2.05) is 0 Å². The van der Waals surface area contributed by atoms with E-state index in [0.29, 0.717) is 0 Å². The Balaban J connectivity index is 2.18. The number of nitrogens with two attached hydrogens (primary N) is 1. The van der Waals surface area contributed by atoms with Gasteiger partial charge in [-0.25, -0.2) is 0 Å².